The van der Waals surface area contributed by atoms with Gasteiger partial charge in [0.1, 0.15) is 0 Å². The predicted molar refractivity (Wildman–Crippen MR) is 43.5 cm³/mol. The molecule has 55 valence electrons. The van der Waals surface area contributed by atoms with Gasteiger partial charge in [-0.3, -0.25) is 0 Å². The first-order valence-corrected chi connectivity index (χ1v) is 4.17. The number of rotatable bonds is 0. The third-order valence-electron chi connectivity index (χ3n) is 3.47. The molecule has 2 aliphatic rings. The molecule has 0 aromatic rings. The SMILES string of the molecule is C=C1C2CC[C](C2)C1(C)C. The molecule has 0 N–H and O–H groups in total. The van der Waals surface area contributed by atoms with E-state index < -0.39 is 0 Å². The maximum absolute atomic E-state index is 4.17. The minimum Gasteiger partial charge on any atom is -0.0990 e. The summed E-state index contributed by atoms with van der Waals surface area (Å²) >= 11 is 0. The van der Waals surface area contributed by atoms with Crippen LogP contribution in [-0.4, -0.2) is 0 Å². The van der Waals surface area contributed by atoms with Gasteiger partial charge in [0.15, 0.2) is 0 Å². The molecule has 1 radical (unpaired) electrons. The lowest BCUT2D eigenvalue weighted by atomic mass is 9.73. The van der Waals surface area contributed by atoms with E-state index in [1.165, 1.54) is 24.8 Å². The van der Waals surface area contributed by atoms with Crippen molar-refractivity contribution in [3.8, 4) is 0 Å². The molecule has 2 fully saturated rings. The van der Waals surface area contributed by atoms with Crippen molar-refractivity contribution in [1.82, 2.24) is 0 Å². The van der Waals surface area contributed by atoms with Gasteiger partial charge in [0.05, 0.1) is 0 Å². The number of allylic oxidation sites excluding steroid dienone is 1. The average molecular weight is 135 g/mol. The molecule has 2 saturated carbocycles. The summed E-state index contributed by atoms with van der Waals surface area (Å²) < 4.78 is 0. The molecule has 0 nitrogen and oxygen atoms in total. The fraction of sp³-hybridized carbons (Fsp3) is 0.700. The van der Waals surface area contributed by atoms with Crippen molar-refractivity contribution < 1.29 is 0 Å². The summed E-state index contributed by atoms with van der Waals surface area (Å²) in [5, 5.41) is 0. The van der Waals surface area contributed by atoms with Gasteiger partial charge in [-0.1, -0.05) is 26.0 Å². The van der Waals surface area contributed by atoms with E-state index in [1.807, 2.05) is 0 Å². The lowest BCUT2D eigenvalue weighted by Gasteiger charge is -2.31. The summed E-state index contributed by atoms with van der Waals surface area (Å²) in [5.74, 6) is 2.60. The smallest absolute Gasteiger partial charge is 0.00823 e. The predicted octanol–water partition coefficient (Wildman–Crippen LogP) is 2.96. The minimum atomic E-state index is 0.392. The van der Waals surface area contributed by atoms with Crippen LogP contribution in [0.5, 0.6) is 0 Å². The second kappa shape index (κ2) is 1.66. The van der Waals surface area contributed by atoms with Gasteiger partial charge in [0.25, 0.3) is 0 Å². The minimum absolute atomic E-state index is 0.392. The summed E-state index contributed by atoms with van der Waals surface area (Å²) in [6.45, 7) is 8.82. The molecular formula is C10H15. The Labute approximate surface area is 63.3 Å². The Hall–Kier alpha value is -0.260. The van der Waals surface area contributed by atoms with Crippen molar-refractivity contribution in [2.45, 2.75) is 33.1 Å². The summed E-state index contributed by atoms with van der Waals surface area (Å²) in [4.78, 5) is 0. The van der Waals surface area contributed by atoms with Crippen LogP contribution in [0.4, 0.5) is 0 Å². The van der Waals surface area contributed by atoms with Gasteiger partial charge in [0, 0.05) is 0 Å². The van der Waals surface area contributed by atoms with Crippen LogP contribution in [0.15, 0.2) is 12.2 Å². The fourth-order valence-electron chi connectivity index (χ4n) is 2.45. The lowest BCUT2D eigenvalue weighted by Crippen LogP contribution is -2.20. The third kappa shape index (κ3) is 0.574. The zero-order chi connectivity index (χ0) is 7.35. The molecule has 0 spiro atoms. The standard InChI is InChI=1S/C10H15/c1-7-8-4-5-9(6-8)10(7,2)3/h8H,1,4-6H2,2-3H3. The highest BCUT2D eigenvalue weighted by Crippen LogP contribution is 2.59. The van der Waals surface area contributed by atoms with Gasteiger partial charge in [0.2, 0.25) is 0 Å². The molecule has 0 heterocycles. The van der Waals surface area contributed by atoms with Crippen LogP contribution >= 0.6 is 0 Å². The maximum atomic E-state index is 4.17. The van der Waals surface area contributed by atoms with Gasteiger partial charge in [-0.05, 0) is 36.5 Å². The van der Waals surface area contributed by atoms with E-state index in [4.69, 9.17) is 0 Å². The molecule has 0 aromatic carbocycles. The van der Waals surface area contributed by atoms with E-state index >= 15 is 0 Å². The number of hydrogen-bond acceptors (Lipinski definition) is 0. The molecule has 1 unspecified atom stereocenters. The van der Waals surface area contributed by atoms with E-state index in [0.29, 0.717) is 5.41 Å². The van der Waals surface area contributed by atoms with Gasteiger partial charge < -0.3 is 0 Å². The van der Waals surface area contributed by atoms with Crippen molar-refractivity contribution in [2.75, 3.05) is 0 Å². The zero-order valence-electron chi connectivity index (χ0n) is 6.91. The van der Waals surface area contributed by atoms with Crippen molar-refractivity contribution in [3.63, 3.8) is 0 Å². The van der Waals surface area contributed by atoms with Crippen LogP contribution in [-0.2, 0) is 0 Å². The largest absolute Gasteiger partial charge is 0.0990 e. The molecule has 2 rings (SSSR count). The van der Waals surface area contributed by atoms with E-state index in [2.05, 4.69) is 20.4 Å². The first-order chi connectivity index (χ1) is 4.62. The molecule has 0 heteroatoms. The molecule has 0 aliphatic heterocycles. The number of fused-ring (bicyclic) bond motifs is 2. The topological polar surface area (TPSA) is 0 Å². The Bertz CT molecular complexity index is 176. The third-order valence-corrected chi connectivity index (χ3v) is 3.47. The molecule has 10 heavy (non-hydrogen) atoms. The first-order valence-electron chi connectivity index (χ1n) is 4.17. The van der Waals surface area contributed by atoms with Crippen molar-refractivity contribution in [3.05, 3.63) is 18.1 Å². The van der Waals surface area contributed by atoms with E-state index in [-0.39, 0.29) is 0 Å². The van der Waals surface area contributed by atoms with E-state index in [1.54, 1.807) is 5.92 Å². The number of hydrogen-bond donors (Lipinski definition) is 0. The van der Waals surface area contributed by atoms with Crippen LogP contribution in [0.1, 0.15) is 33.1 Å². The summed E-state index contributed by atoms with van der Waals surface area (Å²) in [6, 6.07) is 0. The fourth-order valence-corrected chi connectivity index (χ4v) is 2.45. The van der Waals surface area contributed by atoms with E-state index in [9.17, 15) is 0 Å². The Morgan fingerprint density at radius 1 is 1.50 bits per heavy atom. The van der Waals surface area contributed by atoms with Gasteiger partial charge in [-0.2, -0.15) is 0 Å². The van der Waals surface area contributed by atoms with Crippen LogP contribution in [0, 0.1) is 17.3 Å². The Kier molecular flexibility index (Phi) is 1.07. The Balaban J connectivity index is 2.34. The second-order valence-corrected chi connectivity index (χ2v) is 4.19. The van der Waals surface area contributed by atoms with Crippen LogP contribution < -0.4 is 0 Å². The van der Waals surface area contributed by atoms with Crippen LogP contribution in [0.25, 0.3) is 0 Å². The Morgan fingerprint density at radius 2 is 2.20 bits per heavy atom. The van der Waals surface area contributed by atoms with Gasteiger partial charge in [-0.25, -0.2) is 0 Å². The van der Waals surface area contributed by atoms with Gasteiger partial charge in [-0.15, -0.1) is 0 Å². The van der Waals surface area contributed by atoms with Crippen molar-refractivity contribution in [1.29, 1.82) is 0 Å². The first kappa shape index (κ1) is 6.45. The lowest BCUT2D eigenvalue weighted by molar-refractivity contribution is 0.432. The van der Waals surface area contributed by atoms with Gasteiger partial charge >= 0.3 is 0 Å². The Morgan fingerprint density at radius 3 is 2.50 bits per heavy atom. The summed E-state index contributed by atoms with van der Waals surface area (Å²) in [7, 11) is 0. The molecule has 1 atom stereocenters. The van der Waals surface area contributed by atoms with Crippen molar-refractivity contribution >= 4 is 0 Å². The van der Waals surface area contributed by atoms with E-state index in [0.717, 1.165) is 5.92 Å². The molecule has 0 amide bonds. The average Bonchev–Trinajstić information content (AvgIpc) is 2.37. The zero-order valence-corrected chi connectivity index (χ0v) is 6.91. The summed E-state index contributed by atoms with van der Waals surface area (Å²) in [6.07, 6.45) is 4.11. The normalized spacial score (nSPS) is 37.4. The second-order valence-electron chi connectivity index (χ2n) is 4.19. The molecule has 2 aliphatic carbocycles. The van der Waals surface area contributed by atoms with Crippen molar-refractivity contribution in [2.24, 2.45) is 11.3 Å². The highest BCUT2D eigenvalue weighted by molar-refractivity contribution is 5.34. The molecular weight excluding hydrogens is 120 g/mol. The van der Waals surface area contributed by atoms with Crippen LogP contribution in [0.3, 0.4) is 0 Å². The quantitative estimate of drug-likeness (QED) is 0.448. The van der Waals surface area contributed by atoms with Crippen LogP contribution in [0.2, 0.25) is 0 Å². The molecule has 0 aromatic heterocycles. The highest BCUT2D eigenvalue weighted by Gasteiger charge is 2.47. The summed E-state index contributed by atoms with van der Waals surface area (Å²) in [5.41, 5.74) is 1.89. The monoisotopic (exact) mass is 135 g/mol. The highest BCUT2D eigenvalue weighted by atomic mass is 14.5. The maximum Gasteiger partial charge on any atom is -0.00823 e. The molecule has 2 bridgehead atoms. The molecule has 0 saturated heterocycles.